The van der Waals surface area contributed by atoms with Crippen LogP contribution in [0.4, 0.5) is 21.6 Å². The molecule has 1 aliphatic carbocycles. The van der Waals surface area contributed by atoms with Gasteiger partial charge >= 0.3 is 12.0 Å². The molecule has 2 N–H and O–H groups in total. The van der Waals surface area contributed by atoms with E-state index in [1.165, 1.54) is 25.3 Å². The summed E-state index contributed by atoms with van der Waals surface area (Å²) in [6.07, 6.45) is 5.25. The molecule has 2 aromatic carbocycles. The number of esters is 1. The molecule has 1 aliphatic heterocycles. The van der Waals surface area contributed by atoms with Gasteiger partial charge in [-0.05, 0) is 68.5 Å². The molecule has 2 heterocycles. The number of rotatable bonds is 8. The first kappa shape index (κ1) is 26.8. The number of carbonyl (C=O) groups excluding carboxylic acids is 2. The Bertz CT molecular complexity index is 1470. The van der Waals surface area contributed by atoms with Gasteiger partial charge in [0.1, 0.15) is 17.2 Å². The molecule has 1 saturated heterocycles. The third kappa shape index (κ3) is 6.46. The van der Waals surface area contributed by atoms with Gasteiger partial charge in [-0.3, -0.25) is 14.5 Å². The number of cyclic esters (lactones) is 1. The van der Waals surface area contributed by atoms with Crippen molar-refractivity contribution in [2.45, 2.75) is 38.2 Å². The lowest BCUT2D eigenvalue weighted by molar-refractivity contribution is -0.168. The summed E-state index contributed by atoms with van der Waals surface area (Å²) >= 11 is 5.96. The Hall–Kier alpha value is -3.76. The summed E-state index contributed by atoms with van der Waals surface area (Å²) in [6, 6.07) is 8.24. The summed E-state index contributed by atoms with van der Waals surface area (Å²) in [5.41, 5.74) is 2.27. The van der Waals surface area contributed by atoms with Crippen molar-refractivity contribution >= 4 is 51.6 Å². The summed E-state index contributed by atoms with van der Waals surface area (Å²) < 4.78 is 24.3. The molecule has 2 fully saturated rings. The largest absolute Gasteiger partial charge is 0.467 e. The van der Waals surface area contributed by atoms with Crippen molar-refractivity contribution in [2.75, 3.05) is 37.4 Å². The van der Waals surface area contributed by atoms with Crippen molar-refractivity contribution in [1.82, 2.24) is 14.9 Å². The molecule has 0 bridgehead atoms. The number of nitrogens with zero attached hydrogens (tertiary/aromatic N) is 3. The van der Waals surface area contributed by atoms with Crippen LogP contribution in [0.2, 0.25) is 5.02 Å². The lowest BCUT2D eigenvalue weighted by Gasteiger charge is -2.36. The number of fused-ring (bicyclic) bond motifs is 1. The fraction of sp³-hybridized carbons (Fsp3) is 0.357. The monoisotopic (exact) mass is 553 g/mol. The summed E-state index contributed by atoms with van der Waals surface area (Å²) in [4.78, 5) is 35.6. The molecular formula is C28H29ClFN5O4. The van der Waals surface area contributed by atoms with Gasteiger partial charge in [0.15, 0.2) is 0 Å². The van der Waals surface area contributed by atoms with Crippen LogP contribution in [0.1, 0.15) is 38.2 Å². The van der Waals surface area contributed by atoms with E-state index in [-0.39, 0.29) is 29.5 Å². The first-order valence-corrected chi connectivity index (χ1v) is 13.0. The van der Waals surface area contributed by atoms with Crippen LogP contribution in [-0.4, -0.2) is 59.1 Å². The van der Waals surface area contributed by atoms with Gasteiger partial charge in [-0.1, -0.05) is 17.7 Å². The number of hydrogen-bond acceptors (Lipinski definition) is 8. The first-order chi connectivity index (χ1) is 18.6. The Kier molecular flexibility index (Phi) is 7.42. The summed E-state index contributed by atoms with van der Waals surface area (Å²) in [6.45, 7) is 4.94. The summed E-state index contributed by atoms with van der Waals surface area (Å²) in [5, 5.41) is 6.79. The molecule has 3 aromatic rings. The molecule has 1 amide bonds. The van der Waals surface area contributed by atoms with Crippen LogP contribution in [-0.2, 0) is 14.3 Å². The van der Waals surface area contributed by atoms with Gasteiger partial charge in [0, 0.05) is 35.9 Å². The van der Waals surface area contributed by atoms with Crippen LogP contribution < -0.4 is 15.4 Å². The number of carbonyl (C=O) groups is 2. The summed E-state index contributed by atoms with van der Waals surface area (Å²) in [7, 11) is 1.48. The molecule has 11 heteroatoms. The van der Waals surface area contributed by atoms with Gasteiger partial charge in [0.25, 0.3) is 0 Å². The molecule has 0 unspecified atom stereocenters. The lowest BCUT2D eigenvalue weighted by Crippen LogP contribution is -2.50. The zero-order valence-corrected chi connectivity index (χ0v) is 22.6. The van der Waals surface area contributed by atoms with Crippen molar-refractivity contribution in [3.63, 3.8) is 0 Å². The van der Waals surface area contributed by atoms with Gasteiger partial charge in [0.2, 0.25) is 5.91 Å². The van der Waals surface area contributed by atoms with Crippen LogP contribution in [0.25, 0.3) is 10.9 Å². The van der Waals surface area contributed by atoms with Crippen molar-refractivity contribution in [3.8, 4) is 6.01 Å². The van der Waals surface area contributed by atoms with Gasteiger partial charge in [-0.25, -0.2) is 4.39 Å². The van der Waals surface area contributed by atoms with Crippen LogP contribution >= 0.6 is 11.6 Å². The minimum atomic E-state index is -0.564. The highest BCUT2D eigenvalue weighted by Gasteiger charge is 2.32. The van der Waals surface area contributed by atoms with Gasteiger partial charge in [-0.15, -0.1) is 0 Å². The fourth-order valence-electron chi connectivity index (χ4n) is 4.67. The highest BCUT2D eigenvalue weighted by Crippen LogP contribution is 2.45. The molecule has 5 rings (SSSR count). The van der Waals surface area contributed by atoms with E-state index in [1.807, 2.05) is 30.9 Å². The predicted octanol–water partition coefficient (Wildman–Crippen LogP) is 5.18. The van der Waals surface area contributed by atoms with Crippen molar-refractivity contribution in [2.24, 2.45) is 0 Å². The smallest absolute Gasteiger partial charge is 0.320 e. The van der Waals surface area contributed by atoms with E-state index in [4.69, 9.17) is 21.1 Å². The zero-order valence-electron chi connectivity index (χ0n) is 21.9. The second kappa shape index (κ2) is 10.8. The SMILES string of the molecule is COc1nc(Nc2ccc(F)c(Cl)c2)c2cc(NC(=O)C=CCN3CC(=O)OC(C)(C)C3)c(C3CC3)cc2n1. The second-order valence-electron chi connectivity index (χ2n) is 10.3. The van der Waals surface area contributed by atoms with Gasteiger partial charge in [0.05, 0.1) is 24.2 Å². The van der Waals surface area contributed by atoms with E-state index in [0.717, 1.165) is 18.4 Å². The zero-order chi connectivity index (χ0) is 27.7. The molecule has 39 heavy (non-hydrogen) atoms. The molecule has 0 atom stereocenters. The fourth-order valence-corrected chi connectivity index (χ4v) is 4.85. The number of ether oxygens (including phenoxy) is 2. The Morgan fingerprint density at radius 3 is 2.77 bits per heavy atom. The van der Waals surface area contributed by atoms with Crippen LogP contribution in [0.3, 0.4) is 0 Å². The standard InChI is InChI=1S/C28H29ClFN5O4/c1-28(2)15-35(14-25(37)39-28)10-4-5-24(36)32-22-13-19-23(12-18(22)16-6-7-16)33-27(38-3)34-26(19)31-17-8-9-21(30)20(29)11-17/h4-5,8-9,11-13,16H,6-7,10,14-15H2,1-3H3,(H,32,36)(H,31,33,34). The molecule has 1 saturated carbocycles. The second-order valence-corrected chi connectivity index (χ2v) is 10.7. The minimum absolute atomic E-state index is 0.0221. The average Bonchev–Trinajstić information content (AvgIpc) is 3.70. The third-order valence-corrected chi connectivity index (χ3v) is 6.76. The first-order valence-electron chi connectivity index (χ1n) is 12.6. The number of benzene rings is 2. The number of halogens is 2. The number of methoxy groups -OCH3 is 1. The Morgan fingerprint density at radius 2 is 2.08 bits per heavy atom. The van der Waals surface area contributed by atoms with Gasteiger partial charge in [-0.2, -0.15) is 9.97 Å². The lowest BCUT2D eigenvalue weighted by atomic mass is 10.0. The van der Waals surface area contributed by atoms with Crippen molar-refractivity contribution in [3.05, 3.63) is 58.9 Å². The van der Waals surface area contributed by atoms with E-state index in [1.54, 1.807) is 12.1 Å². The van der Waals surface area contributed by atoms with E-state index >= 15 is 0 Å². The van der Waals surface area contributed by atoms with E-state index in [9.17, 15) is 14.0 Å². The van der Waals surface area contributed by atoms with Crippen LogP contribution in [0, 0.1) is 5.82 Å². The van der Waals surface area contributed by atoms with E-state index in [0.29, 0.717) is 47.1 Å². The Labute approximate surface area is 230 Å². The van der Waals surface area contributed by atoms with E-state index in [2.05, 4.69) is 20.6 Å². The van der Waals surface area contributed by atoms with Crippen LogP contribution in [0.15, 0.2) is 42.5 Å². The number of morpholine rings is 1. The maximum atomic E-state index is 13.7. The predicted molar refractivity (Wildman–Crippen MR) is 147 cm³/mol. The number of aromatic nitrogens is 2. The van der Waals surface area contributed by atoms with Crippen molar-refractivity contribution in [1.29, 1.82) is 0 Å². The number of nitrogens with one attached hydrogen (secondary N) is 2. The molecule has 204 valence electrons. The maximum Gasteiger partial charge on any atom is 0.320 e. The number of anilines is 3. The minimum Gasteiger partial charge on any atom is -0.467 e. The topological polar surface area (TPSA) is 106 Å². The Balaban J connectivity index is 1.40. The third-order valence-electron chi connectivity index (χ3n) is 6.47. The van der Waals surface area contributed by atoms with Gasteiger partial charge < -0.3 is 20.1 Å². The maximum absolute atomic E-state index is 13.7. The average molecular weight is 554 g/mol. The normalized spacial score (nSPS) is 17.3. The molecular weight excluding hydrogens is 525 g/mol. The quantitative estimate of drug-likeness (QED) is 0.290. The highest BCUT2D eigenvalue weighted by molar-refractivity contribution is 6.31. The van der Waals surface area contributed by atoms with Crippen molar-refractivity contribution < 1.29 is 23.5 Å². The summed E-state index contributed by atoms with van der Waals surface area (Å²) in [5.74, 6) is -0.343. The molecule has 1 aromatic heterocycles. The number of hydrogen-bond donors (Lipinski definition) is 2. The molecule has 9 nitrogen and oxygen atoms in total. The Morgan fingerprint density at radius 1 is 1.28 bits per heavy atom. The van der Waals surface area contributed by atoms with Crippen LogP contribution in [0.5, 0.6) is 6.01 Å². The molecule has 0 radical (unpaired) electrons. The highest BCUT2D eigenvalue weighted by atomic mass is 35.5. The van der Waals surface area contributed by atoms with E-state index < -0.39 is 11.4 Å². The molecule has 0 spiro atoms. The molecule has 2 aliphatic rings. The number of amides is 1.